The van der Waals surface area contributed by atoms with Crippen LogP contribution in [0.5, 0.6) is 0 Å². The minimum atomic E-state index is -0.572. The van der Waals surface area contributed by atoms with Gasteiger partial charge in [-0.05, 0) is 45.6 Å². The second kappa shape index (κ2) is 6.05. The lowest BCUT2D eigenvalue weighted by Crippen LogP contribution is -2.23. The molecule has 8 heteroatoms. The van der Waals surface area contributed by atoms with Gasteiger partial charge in [0.05, 0.1) is 12.2 Å². The van der Waals surface area contributed by atoms with Crippen LogP contribution in [0, 0.1) is 5.82 Å². The minimum absolute atomic E-state index is 0.0162. The van der Waals surface area contributed by atoms with Crippen molar-refractivity contribution < 1.29 is 18.7 Å². The molecule has 114 valence electrons. The molecule has 0 unspecified atom stereocenters. The molecule has 0 radical (unpaired) electrons. The molecule has 0 aliphatic carbocycles. The Kier molecular flexibility index (Phi) is 4.12. The van der Waals surface area contributed by atoms with Gasteiger partial charge < -0.3 is 10.1 Å². The summed E-state index contributed by atoms with van der Waals surface area (Å²) in [5.41, 5.74) is 0.493. The molecular weight excluding hydrogens is 375 g/mol. The maximum Gasteiger partial charge on any atom is 0.414 e. The number of benzene rings is 1. The summed E-state index contributed by atoms with van der Waals surface area (Å²) in [6, 6.07) is 5.84. The van der Waals surface area contributed by atoms with Gasteiger partial charge in [-0.3, -0.25) is 9.69 Å². The molecular formula is C14H10BrFN2O3S. The topological polar surface area (TPSA) is 58.6 Å². The van der Waals surface area contributed by atoms with Gasteiger partial charge in [0, 0.05) is 10.2 Å². The smallest absolute Gasteiger partial charge is 0.414 e. The molecule has 22 heavy (non-hydrogen) atoms. The van der Waals surface area contributed by atoms with E-state index in [0.717, 1.165) is 0 Å². The van der Waals surface area contributed by atoms with E-state index in [1.165, 1.54) is 34.4 Å². The van der Waals surface area contributed by atoms with Gasteiger partial charge in [0.25, 0.3) is 5.91 Å². The third kappa shape index (κ3) is 2.84. The molecule has 1 N–H and O–H groups in total. The van der Waals surface area contributed by atoms with E-state index in [-0.39, 0.29) is 5.69 Å². The molecule has 5 nitrogen and oxygen atoms in total. The summed E-state index contributed by atoms with van der Waals surface area (Å²) >= 11 is 4.51. The second-order valence-electron chi connectivity index (χ2n) is 4.48. The first-order chi connectivity index (χ1) is 10.6. The number of carbonyl (C=O) groups is 2. The molecule has 0 atom stereocenters. The molecule has 1 fully saturated rings. The lowest BCUT2D eigenvalue weighted by molar-refractivity contribution is 0.102. The highest BCUT2D eigenvalue weighted by atomic mass is 79.9. The number of hydrogen-bond acceptors (Lipinski definition) is 4. The molecule has 0 spiro atoms. The second-order valence-corrected chi connectivity index (χ2v) is 6.25. The Hall–Kier alpha value is -1.93. The molecule has 1 aliphatic heterocycles. The molecule has 1 aromatic heterocycles. The molecule has 1 saturated heterocycles. The summed E-state index contributed by atoms with van der Waals surface area (Å²) in [6.07, 6.45) is -0.482. The van der Waals surface area contributed by atoms with E-state index in [0.29, 0.717) is 28.2 Å². The molecule has 0 bridgehead atoms. The van der Waals surface area contributed by atoms with Gasteiger partial charge >= 0.3 is 6.09 Å². The van der Waals surface area contributed by atoms with Crippen molar-refractivity contribution >= 4 is 50.6 Å². The highest BCUT2D eigenvalue weighted by Crippen LogP contribution is 2.27. The normalized spacial score (nSPS) is 14.1. The van der Waals surface area contributed by atoms with Crippen LogP contribution in [0.25, 0.3) is 0 Å². The van der Waals surface area contributed by atoms with Crippen molar-refractivity contribution in [3.05, 3.63) is 44.8 Å². The van der Waals surface area contributed by atoms with E-state index in [4.69, 9.17) is 4.74 Å². The molecule has 1 aromatic carbocycles. The van der Waals surface area contributed by atoms with Crippen LogP contribution in [0.2, 0.25) is 0 Å². The zero-order valence-corrected chi connectivity index (χ0v) is 13.5. The van der Waals surface area contributed by atoms with Crippen LogP contribution in [-0.4, -0.2) is 25.2 Å². The van der Waals surface area contributed by atoms with Gasteiger partial charge in [-0.15, -0.1) is 11.3 Å². The Morgan fingerprint density at radius 3 is 2.86 bits per heavy atom. The molecule has 2 amide bonds. The first kappa shape index (κ1) is 15.0. The summed E-state index contributed by atoms with van der Waals surface area (Å²) in [6.45, 7) is 0.689. The first-order valence-electron chi connectivity index (χ1n) is 6.34. The fourth-order valence-electron chi connectivity index (χ4n) is 2.04. The van der Waals surface area contributed by atoms with Gasteiger partial charge in [0.15, 0.2) is 0 Å². The quantitative estimate of drug-likeness (QED) is 0.873. The molecule has 3 rings (SSSR count). The van der Waals surface area contributed by atoms with E-state index >= 15 is 0 Å². The van der Waals surface area contributed by atoms with Crippen LogP contribution in [-0.2, 0) is 4.74 Å². The van der Waals surface area contributed by atoms with Crippen LogP contribution >= 0.6 is 27.3 Å². The summed E-state index contributed by atoms with van der Waals surface area (Å²) in [5.74, 6) is -0.987. The Balaban J connectivity index is 1.86. The van der Waals surface area contributed by atoms with Gasteiger partial charge in [-0.2, -0.15) is 0 Å². The molecule has 0 saturated carbocycles. The van der Waals surface area contributed by atoms with Crippen molar-refractivity contribution in [3.63, 3.8) is 0 Å². The fourth-order valence-corrected chi connectivity index (χ4v) is 3.49. The standard InChI is InChI=1S/C14H10BrFN2O3S/c15-9-3-6-22-12(9)13(19)17-11-7-8(1-2-10(11)16)18-4-5-21-14(18)20/h1-3,6-7H,4-5H2,(H,17,19). The summed E-state index contributed by atoms with van der Waals surface area (Å²) in [7, 11) is 0. The van der Waals surface area contributed by atoms with Crippen LogP contribution in [0.3, 0.4) is 0 Å². The Labute approximate surface area is 137 Å². The monoisotopic (exact) mass is 384 g/mol. The lowest BCUT2D eigenvalue weighted by Gasteiger charge is -2.14. The number of ether oxygens (including phenoxy) is 1. The Bertz CT molecular complexity index is 749. The number of nitrogens with one attached hydrogen (secondary N) is 1. The zero-order chi connectivity index (χ0) is 15.7. The van der Waals surface area contributed by atoms with Crippen molar-refractivity contribution in [3.8, 4) is 0 Å². The number of hydrogen-bond donors (Lipinski definition) is 1. The van der Waals surface area contributed by atoms with Crippen molar-refractivity contribution in [2.24, 2.45) is 0 Å². The third-order valence-corrected chi connectivity index (χ3v) is 4.93. The van der Waals surface area contributed by atoms with Gasteiger partial charge in [-0.25, -0.2) is 9.18 Å². The molecule has 1 aliphatic rings. The van der Waals surface area contributed by atoms with Gasteiger partial charge in [0.1, 0.15) is 17.3 Å². The van der Waals surface area contributed by atoms with E-state index in [2.05, 4.69) is 21.2 Å². The predicted octanol–water partition coefficient (Wildman–Crippen LogP) is 3.86. The van der Waals surface area contributed by atoms with Crippen LogP contribution < -0.4 is 10.2 Å². The number of nitrogens with zero attached hydrogens (tertiary/aromatic N) is 1. The zero-order valence-electron chi connectivity index (χ0n) is 11.1. The number of anilines is 2. The fraction of sp³-hybridized carbons (Fsp3) is 0.143. The number of carbonyl (C=O) groups excluding carboxylic acids is 2. The van der Waals surface area contributed by atoms with E-state index in [1.807, 2.05) is 0 Å². The number of cyclic esters (lactones) is 1. The Morgan fingerprint density at radius 2 is 2.23 bits per heavy atom. The van der Waals surface area contributed by atoms with Crippen LogP contribution in [0.15, 0.2) is 34.1 Å². The van der Waals surface area contributed by atoms with Crippen LogP contribution in [0.4, 0.5) is 20.6 Å². The van der Waals surface area contributed by atoms with Gasteiger partial charge in [-0.1, -0.05) is 0 Å². The molecule has 2 heterocycles. The van der Waals surface area contributed by atoms with Crippen molar-refractivity contribution in [2.75, 3.05) is 23.4 Å². The summed E-state index contributed by atoms with van der Waals surface area (Å²) in [4.78, 5) is 25.5. The highest BCUT2D eigenvalue weighted by molar-refractivity contribution is 9.10. The predicted molar refractivity (Wildman–Crippen MR) is 85.1 cm³/mol. The lowest BCUT2D eigenvalue weighted by atomic mass is 10.2. The number of rotatable bonds is 3. The average Bonchev–Trinajstić information content (AvgIpc) is 3.10. The number of halogens is 2. The Morgan fingerprint density at radius 1 is 1.41 bits per heavy atom. The third-order valence-electron chi connectivity index (χ3n) is 3.09. The molecule has 2 aromatic rings. The van der Waals surface area contributed by atoms with Crippen molar-refractivity contribution in [1.29, 1.82) is 0 Å². The number of amides is 2. The van der Waals surface area contributed by atoms with Crippen molar-refractivity contribution in [2.45, 2.75) is 0 Å². The summed E-state index contributed by atoms with van der Waals surface area (Å²) in [5, 5.41) is 4.28. The van der Waals surface area contributed by atoms with E-state index in [9.17, 15) is 14.0 Å². The largest absolute Gasteiger partial charge is 0.447 e. The highest BCUT2D eigenvalue weighted by Gasteiger charge is 2.24. The number of thiophene rings is 1. The van der Waals surface area contributed by atoms with Crippen LogP contribution in [0.1, 0.15) is 9.67 Å². The van der Waals surface area contributed by atoms with Gasteiger partial charge in [0.2, 0.25) is 0 Å². The maximum atomic E-state index is 13.9. The van der Waals surface area contributed by atoms with E-state index in [1.54, 1.807) is 11.4 Å². The first-order valence-corrected chi connectivity index (χ1v) is 8.01. The minimum Gasteiger partial charge on any atom is -0.447 e. The maximum absolute atomic E-state index is 13.9. The SMILES string of the molecule is O=C(Nc1cc(N2CCOC2=O)ccc1F)c1sccc1Br. The summed E-state index contributed by atoms with van der Waals surface area (Å²) < 4.78 is 19.4. The van der Waals surface area contributed by atoms with Crippen molar-refractivity contribution in [1.82, 2.24) is 0 Å². The average molecular weight is 385 g/mol. The van der Waals surface area contributed by atoms with E-state index < -0.39 is 17.8 Å².